The minimum Gasteiger partial charge on any atom is -0.457 e. The van der Waals surface area contributed by atoms with Crippen LogP contribution in [-0.4, -0.2) is 37.0 Å². The summed E-state index contributed by atoms with van der Waals surface area (Å²) in [4.78, 5) is 12.2. The Morgan fingerprint density at radius 1 is 0.490 bits per heavy atom. The van der Waals surface area contributed by atoms with Gasteiger partial charge >= 0.3 is 5.97 Å². The summed E-state index contributed by atoms with van der Waals surface area (Å²) in [7, 11) is 0. The maximum absolute atomic E-state index is 12.2. The van der Waals surface area contributed by atoms with Gasteiger partial charge in [-0.2, -0.15) is 0 Å². The summed E-state index contributed by atoms with van der Waals surface area (Å²) < 4.78 is 11.2. The lowest BCUT2D eigenvalue weighted by atomic mass is 10.1. The molecule has 49 heavy (non-hydrogen) atoms. The fraction of sp³-hybridized carbons (Fsp3) is 0.844. The Morgan fingerprint density at radius 2 is 0.857 bits per heavy atom. The highest BCUT2D eigenvalue weighted by atomic mass is 16.6. The van der Waals surface area contributed by atoms with Crippen LogP contribution in [0, 0.1) is 0 Å². The van der Waals surface area contributed by atoms with Gasteiger partial charge in [-0.05, 0) is 70.6 Å². The Kier molecular flexibility index (Phi) is 41.6. The molecule has 0 spiro atoms. The zero-order valence-corrected chi connectivity index (χ0v) is 33.0. The normalized spacial score (nSPS) is 12.6. The highest BCUT2D eigenvalue weighted by Gasteiger charge is 2.13. The molecular formula is C45H84O4. The van der Waals surface area contributed by atoms with Crippen LogP contribution >= 0.6 is 0 Å². The van der Waals surface area contributed by atoms with E-state index in [2.05, 4.69) is 50.3 Å². The van der Waals surface area contributed by atoms with E-state index in [9.17, 15) is 9.90 Å². The number of hydrogen-bond acceptors (Lipinski definition) is 4. The fourth-order valence-corrected chi connectivity index (χ4v) is 6.18. The molecule has 0 bridgehead atoms. The maximum atomic E-state index is 12.2. The smallest absolute Gasteiger partial charge is 0.306 e. The highest BCUT2D eigenvalue weighted by molar-refractivity contribution is 5.69. The number of hydrogen-bond donors (Lipinski definition) is 1. The van der Waals surface area contributed by atoms with Crippen LogP contribution in [0.2, 0.25) is 0 Å². The first-order valence-corrected chi connectivity index (χ1v) is 21.6. The van der Waals surface area contributed by atoms with Gasteiger partial charge in [-0.15, -0.1) is 0 Å². The van der Waals surface area contributed by atoms with Gasteiger partial charge in [0.05, 0.1) is 13.2 Å². The van der Waals surface area contributed by atoms with Gasteiger partial charge in [-0.25, -0.2) is 0 Å². The molecule has 0 saturated heterocycles. The quantitative estimate of drug-likeness (QED) is 0.0395. The van der Waals surface area contributed by atoms with Crippen molar-refractivity contribution < 1.29 is 19.4 Å². The number of esters is 1. The molecule has 1 unspecified atom stereocenters. The predicted octanol–water partition coefficient (Wildman–Crippen LogP) is 14.1. The lowest BCUT2D eigenvalue weighted by Gasteiger charge is -2.15. The third-order valence-corrected chi connectivity index (χ3v) is 9.44. The standard InChI is InChI=1S/C45H84O4/c1-3-5-7-9-11-13-15-17-19-20-21-22-23-24-25-27-29-31-33-35-37-39-41-48-43-44(42-46)49-45(47)40-38-36-34-32-30-28-26-18-16-14-12-10-8-6-4-2/h15,17-18,20-21,26,44,46H,3-14,16,19,22-25,27-43H2,1-2H3/b17-15-,21-20-,26-18-. The molecule has 0 fully saturated rings. The van der Waals surface area contributed by atoms with Crippen LogP contribution < -0.4 is 0 Å². The number of aliphatic hydroxyl groups is 1. The van der Waals surface area contributed by atoms with E-state index in [1.807, 2.05) is 0 Å². The van der Waals surface area contributed by atoms with Crippen molar-refractivity contribution in [1.29, 1.82) is 0 Å². The molecule has 0 aromatic carbocycles. The van der Waals surface area contributed by atoms with Crippen LogP contribution in [0.3, 0.4) is 0 Å². The van der Waals surface area contributed by atoms with Crippen molar-refractivity contribution in [3.63, 3.8) is 0 Å². The molecule has 0 aromatic heterocycles. The average Bonchev–Trinajstić information content (AvgIpc) is 3.11. The Balaban J connectivity index is 3.42. The second-order valence-corrected chi connectivity index (χ2v) is 14.4. The first-order chi connectivity index (χ1) is 24.2. The molecule has 0 amide bonds. The van der Waals surface area contributed by atoms with Gasteiger partial charge in [0, 0.05) is 13.0 Å². The molecule has 0 aliphatic heterocycles. The second-order valence-electron chi connectivity index (χ2n) is 14.4. The minimum absolute atomic E-state index is 0.175. The van der Waals surface area contributed by atoms with E-state index in [0.29, 0.717) is 19.6 Å². The third-order valence-electron chi connectivity index (χ3n) is 9.44. The lowest BCUT2D eigenvalue weighted by Crippen LogP contribution is -2.27. The molecule has 0 radical (unpaired) electrons. The lowest BCUT2D eigenvalue weighted by molar-refractivity contribution is -0.154. The van der Waals surface area contributed by atoms with Crippen LogP contribution in [-0.2, 0) is 14.3 Å². The van der Waals surface area contributed by atoms with Gasteiger partial charge in [0.2, 0.25) is 0 Å². The summed E-state index contributed by atoms with van der Waals surface area (Å²) >= 11 is 0. The molecule has 0 aliphatic carbocycles. The Morgan fingerprint density at radius 3 is 1.29 bits per heavy atom. The van der Waals surface area contributed by atoms with Gasteiger partial charge in [0.25, 0.3) is 0 Å². The molecule has 4 nitrogen and oxygen atoms in total. The topological polar surface area (TPSA) is 55.8 Å². The summed E-state index contributed by atoms with van der Waals surface area (Å²) in [5, 5.41) is 9.59. The molecule has 288 valence electrons. The number of rotatable bonds is 40. The molecule has 0 heterocycles. The number of carbonyl (C=O) groups excluding carboxylic acids is 1. The number of unbranched alkanes of at least 4 members (excludes halogenated alkanes) is 26. The molecule has 4 heteroatoms. The van der Waals surface area contributed by atoms with Crippen molar-refractivity contribution in [2.45, 2.75) is 225 Å². The van der Waals surface area contributed by atoms with Crippen molar-refractivity contribution in [3.05, 3.63) is 36.5 Å². The van der Waals surface area contributed by atoms with E-state index in [4.69, 9.17) is 9.47 Å². The monoisotopic (exact) mass is 689 g/mol. The molecule has 0 aliphatic rings. The zero-order chi connectivity index (χ0) is 35.6. The Hall–Kier alpha value is -1.39. The largest absolute Gasteiger partial charge is 0.457 e. The number of ether oxygens (including phenoxy) is 2. The van der Waals surface area contributed by atoms with Crippen molar-refractivity contribution >= 4 is 5.97 Å². The van der Waals surface area contributed by atoms with Crippen LogP contribution in [0.4, 0.5) is 0 Å². The maximum Gasteiger partial charge on any atom is 0.306 e. The van der Waals surface area contributed by atoms with E-state index in [0.717, 1.165) is 25.7 Å². The molecule has 0 aromatic rings. The first kappa shape index (κ1) is 47.6. The number of aliphatic hydroxyl groups excluding tert-OH is 1. The minimum atomic E-state index is -0.538. The van der Waals surface area contributed by atoms with E-state index in [1.54, 1.807) is 0 Å². The number of allylic oxidation sites excluding steroid dienone is 6. The van der Waals surface area contributed by atoms with Crippen molar-refractivity contribution in [2.24, 2.45) is 0 Å². The molecule has 0 rings (SSSR count). The van der Waals surface area contributed by atoms with Crippen LogP contribution in [0.15, 0.2) is 36.5 Å². The molecule has 0 saturated carbocycles. The van der Waals surface area contributed by atoms with E-state index in [-0.39, 0.29) is 12.6 Å². The zero-order valence-electron chi connectivity index (χ0n) is 33.0. The predicted molar refractivity (Wildman–Crippen MR) is 214 cm³/mol. The van der Waals surface area contributed by atoms with Gasteiger partial charge in [0.1, 0.15) is 6.10 Å². The first-order valence-electron chi connectivity index (χ1n) is 21.6. The summed E-state index contributed by atoms with van der Waals surface area (Å²) in [6.45, 7) is 5.33. The summed E-state index contributed by atoms with van der Waals surface area (Å²) in [6.07, 6.45) is 53.4. The molecule has 1 atom stereocenters. The van der Waals surface area contributed by atoms with Gasteiger partial charge < -0.3 is 14.6 Å². The van der Waals surface area contributed by atoms with Crippen molar-refractivity contribution in [3.8, 4) is 0 Å². The van der Waals surface area contributed by atoms with E-state index >= 15 is 0 Å². The van der Waals surface area contributed by atoms with E-state index in [1.165, 1.54) is 173 Å². The van der Waals surface area contributed by atoms with Crippen molar-refractivity contribution in [2.75, 3.05) is 19.8 Å². The second kappa shape index (κ2) is 42.8. The molecule has 1 N–H and O–H groups in total. The van der Waals surface area contributed by atoms with Crippen molar-refractivity contribution in [1.82, 2.24) is 0 Å². The fourth-order valence-electron chi connectivity index (χ4n) is 6.18. The van der Waals surface area contributed by atoms with Crippen LogP contribution in [0.25, 0.3) is 0 Å². The SMILES string of the molecule is CCCCCCC/C=C\C/C=C\CCCCCCCCCCCCOCC(CO)OC(=O)CCCCCCC/C=C\CCCCCCCC. The Labute approximate surface area is 306 Å². The van der Waals surface area contributed by atoms with E-state index < -0.39 is 6.10 Å². The average molecular weight is 689 g/mol. The highest BCUT2D eigenvalue weighted by Crippen LogP contribution is 2.13. The van der Waals surface area contributed by atoms with Gasteiger partial charge in [0.15, 0.2) is 0 Å². The summed E-state index contributed by atoms with van der Waals surface area (Å²) in [6, 6.07) is 0. The summed E-state index contributed by atoms with van der Waals surface area (Å²) in [5.41, 5.74) is 0. The Bertz CT molecular complexity index is 728. The third kappa shape index (κ3) is 40.9. The number of carbonyl (C=O) groups is 1. The molecular weight excluding hydrogens is 604 g/mol. The van der Waals surface area contributed by atoms with Gasteiger partial charge in [-0.3, -0.25) is 4.79 Å². The summed E-state index contributed by atoms with van der Waals surface area (Å²) in [5.74, 6) is -0.209. The van der Waals surface area contributed by atoms with Gasteiger partial charge in [-0.1, -0.05) is 179 Å². The van der Waals surface area contributed by atoms with Crippen LogP contribution in [0.5, 0.6) is 0 Å². The van der Waals surface area contributed by atoms with Crippen LogP contribution in [0.1, 0.15) is 219 Å².